The van der Waals surface area contributed by atoms with Crippen LogP contribution < -0.4 is 5.73 Å². The Hall–Kier alpha value is -2.35. The fourth-order valence-electron chi connectivity index (χ4n) is 0.894. The van der Waals surface area contributed by atoms with Gasteiger partial charge < -0.3 is 10.6 Å². The van der Waals surface area contributed by atoms with Gasteiger partial charge in [-0.1, -0.05) is 35.5 Å². The normalized spacial score (nSPS) is 10.5. The number of nitrogens with zero attached hydrogens (tertiary/aromatic N) is 2. The first-order valence-electron chi connectivity index (χ1n) is 4.18. The summed E-state index contributed by atoms with van der Waals surface area (Å²) in [4.78, 5) is 14.9. The van der Waals surface area contributed by atoms with E-state index >= 15 is 0 Å². The molecule has 0 unspecified atom stereocenters. The van der Waals surface area contributed by atoms with Gasteiger partial charge in [0.1, 0.15) is 6.07 Å². The van der Waals surface area contributed by atoms with Gasteiger partial charge in [0.2, 0.25) is 0 Å². The van der Waals surface area contributed by atoms with Gasteiger partial charge in [-0.25, -0.2) is 0 Å². The lowest BCUT2D eigenvalue weighted by Crippen LogP contribution is -2.17. The number of hydrogen-bond donors (Lipinski definition) is 1. The van der Waals surface area contributed by atoms with Gasteiger partial charge in [0.15, 0.2) is 12.3 Å². The first-order valence-corrected chi connectivity index (χ1v) is 4.18. The van der Waals surface area contributed by atoms with Crippen LogP contribution in [0.1, 0.15) is 5.56 Å². The number of amides is 1. The van der Waals surface area contributed by atoms with E-state index in [4.69, 9.17) is 11.0 Å². The second-order valence-corrected chi connectivity index (χ2v) is 2.66. The molecule has 2 N–H and O–H groups in total. The number of primary amides is 1. The summed E-state index contributed by atoms with van der Waals surface area (Å²) in [5.41, 5.74) is 5.58. The van der Waals surface area contributed by atoms with Crippen molar-refractivity contribution >= 4 is 11.6 Å². The summed E-state index contributed by atoms with van der Waals surface area (Å²) in [6, 6.07) is 10.7. The molecule has 0 bridgehead atoms. The molecule has 15 heavy (non-hydrogen) atoms. The fraction of sp³-hybridized carbons (Fsp3) is 0.100. The van der Waals surface area contributed by atoms with Crippen LogP contribution >= 0.6 is 0 Å². The summed E-state index contributed by atoms with van der Waals surface area (Å²) in [7, 11) is 0. The average Bonchev–Trinajstić information content (AvgIpc) is 2.25. The van der Waals surface area contributed by atoms with Gasteiger partial charge in [-0.15, -0.1) is 0 Å². The maximum absolute atomic E-state index is 10.4. The Balaban J connectivity index is 2.73. The molecule has 1 rings (SSSR count). The van der Waals surface area contributed by atoms with Crippen molar-refractivity contribution in [2.24, 2.45) is 10.9 Å². The van der Waals surface area contributed by atoms with Crippen molar-refractivity contribution in [1.29, 1.82) is 5.26 Å². The van der Waals surface area contributed by atoms with Gasteiger partial charge in [0, 0.05) is 5.56 Å². The molecule has 0 heterocycles. The molecule has 0 spiro atoms. The maximum Gasteiger partial charge on any atom is 0.258 e. The van der Waals surface area contributed by atoms with E-state index in [1.165, 1.54) is 0 Å². The molecule has 0 aromatic heterocycles. The van der Waals surface area contributed by atoms with Crippen molar-refractivity contribution in [2.45, 2.75) is 0 Å². The third kappa shape index (κ3) is 3.48. The Morgan fingerprint density at radius 1 is 1.47 bits per heavy atom. The Kier molecular flexibility index (Phi) is 3.86. The van der Waals surface area contributed by atoms with E-state index in [9.17, 15) is 4.79 Å². The number of nitriles is 1. The molecule has 5 heteroatoms. The van der Waals surface area contributed by atoms with Gasteiger partial charge in [-0.2, -0.15) is 5.26 Å². The zero-order valence-electron chi connectivity index (χ0n) is 7.88. The van der Waals surface area contributed by atoms with Crippen molar-refractivity contribution in [3.8, 4) is 6.07 Å². The summed E-state index contributed by atoms with van der Waals surface area (Å²) in [6.07, 6.45) is 0. The van der Waals surface area contributed by atoms with Crippen LogP contribution in [0.3, 0.4) is 0 Å². The highest BCUT2D eigenvalue weighted by Crippen LogP contribution is 2.00. The van der Waals surface area contributed by atoms with E-state index in [0.29, 0.717) is 5.56 Å². The van der Waals surface area contributed by atoms with Crippen molar-refractivity contribution < 1.29 is 9.63 Å². The summed E-state index contributed by atoms with van der Waals surface area (Å²) in [6.45, 7) is -0.335. The monoisotopic (exact) mass is 203 g/mol. The largest absolute Gasteiger partial charge is 0.385 e. The highest BCUT2D eigenvalue weighted by molar-refractivity contribution is 6.11. The minimum absolute atomic E-state index is 0.108. The quantitative estimate of drug-likeness (QED) is 0.568. The van der Waals surface area contributed by atoms with Gasteiger partial charge >= 0.3 is 0 Å². The first kappa shape index (κ1) is 10.7. The van der Waals surface area contributed by atoms with Crippen LogP contribution in [0.5, 0.6) is 0 Å². The van der Waals surface area contributed by atoms with Crippen LogP contribution in [0.25, 0.3) is 0 Å². The summed E-state index contributed by atoms with van der Waals surface area (Å²) >= 11 is 0. The molecule has 76 valence electrons. The Morgan fingerprint density at radius 2 is 2.13 bits per heavy atom. The minimum atomic E-state index is -0.635. The maximum atomic E-state index is 10.4. The third-order valence-electron chi connectivity index (χ3n) is 1.52. The van der Waals surface area contributed by atoms with E-state index in [1.807, 2.05) is 12.1 Å². The van der Waals surface area contributed by atoms with Crippen molar-refractivity contribution in [3.05, 3.63) is 35.9 Å². The first-order chi connectivity index (χ1) is 7.24. The third-order valence-corrected chi connectivity index (χ3v) is 1.52. The topological polar surface area (TPSA) is 88.5 Å². The molecule has 0 saturated carbocycles. The predicted molar refractivity (Wildman–Crippen MR) is 53.7 cm³/mol. The van der Waals surface area contributed by atoms with Gasteiger partial charge in [-0.05, 0) is 0 Å². The number of hydrogen-bond acceptors (Lipinski definition) is 4. The summed E-state index contributed by atoms with van der Waals surface area (Å²) < 4.78 is 0. The molecular weight excluding hydrogens is 194 g/mol. The van der Waals surface area contributed by atoms with E-state index in [0.717, 1.165) is 0 Å². The number of carbonyl (C=O) groups is 1. The van der Waals surface area contributed by atoms with Crippen LogP contribution in [-0.2, 0) is 9.63 Å². The van der Waals surface area contributed by atoms with Crippen LogP contribution in [0, 0.1) is 11.3 Å². The van der Waals surface area contributed by atoms with E-state index in [2.05, 4.69) is 9.99 Å². The number of rotatable bonds is 4. The molecule has 0 radical (unpaired) electrons. The second kappa shape index (κ2) is 5.40. The van der Waals surface area contributed by atoms with Gasteiger partial charge in [0.05, 0.1) is 0 Å². The smallest absolute Gasteiger partial charge is 0.258 e. The summed E-state index contributed by atoms with van der Waals surface area (Å²) in [5, 5.41) is 12.3. The van der Waals surface area contributed by atoms with E-state index < -0.39 is 5.91 Å². The lowest BCUT2D eigenvalue weighted by atomic mass is 10.1. The van der Waals surface area contributed by atoms with E-state index in [-0.39, 0.29) is 12.3 Å². The molecule has 0 aliphatic heterocycles. The molecule has 0 aliphatic rings. The zero-order valence-corrected chi connectivity index (χ0v) is 7.88. The Bertz CT molecular complexity index is 406. The molecule has 1 aromatic carbocycles. The highest BCUT2D eigenvalue weighted by atomic mass is 16.6. The van der Waals surface area contributed by atoms with Crippen LogP contribution in [-0.4, -0.2) is 18.2 Å². The lowest BCUT2D eigenvalue weighted by molar-refractivity contribution is -0.122. The molecule has 0 aliphatic carbocycles. The van der Waals surface area contributed by atoms with Crippen molar-refractivity contribution in [1.82, 2.24) is 0 Å². The van der Waals surface area contributed by atoms with Gasteiger partial charge in [0.25, 0.3) is 5.91 Å². The zero-order chi connectivity index (χ0) is 11.1. The average molecular weight is 203 g/mol. The lowest BCUT2D eigenvalue weighted by Gasteiger charge is -1.97. The molecule has 0 fully saturated rings. The SMILES string of the molecule is N#C/C(=N/OCC(N)=O)c1ccccc1. The Morgan fingerprint density at radius 3 is 2.67 bits per heavy atom. The van der Waals surface area contributed by atoms with Crippen molar-refractivity contribution in [3.63, 3.8) is 0 Å². The van der Waals surface area contributed by atoms with Crippen molar-refractivity contribution in [2.75, 3.05) is 6.61 Å². The van der Waals surface area contributed by atoms with Crippen LogP contribution in [0.4, 0.5) is 0 Å². The minimum Gasteiger partial charge on any atom is -0.385 e. The standard InChI is InChI=1S/C10H9N3O2/c11-6-9(13-15-7-10(12)14)8-4-2-1-3-5-8/h1-5H,7H2,(H2,12,14)/b13-9-. The Labute approximate surface area is 86.7 Å². The van der Waals surface area contributed by atoms with E-state index in [1.54, 1.807) is 24.3 Å². The molecule has 0 atom stereocenters. The number of oxime groups is 1. The number of nitrogens with two attached hydrogens (primary N) is 1. The number of benzene rings is 1. The molecule has 0 saturated heterocycles. The highest BCUT2D eigenvalue weighted by Gasteiger charge is 2.02. The molecule has 1 aromatic rings. The number of carbonyl (C=O) groups excluding carboxylic acids is 1. The predicted octanol–water partition coefficient (Wildman–Crippen LogP) is 0.416. The molecular formula is C10H9N3O2. The van der Waals surface area contributed by atoms with Crippen LogP contribution in [0.2, 0.25) is 0 Å². The van der Waals surface area contributed by atoms with Crippen LogP contribution in [0.15, 0.2) is 35.5 Å². The fourth-order valence-corrected chi connectivity index (χ4v) is 0.894. The molecule has 1 amide bonds. The second-order valence-electron chi connectivity index (χ2n) is 2.66. The van der Waals surface area contributed by atoms with Gasteiger partial charge in [-0.3, -0.25) is 4.79 Å². The molecule has 5 nitrogen and oxygen atoms in total. The summed E-state index contributed by atoms with van der Waals surface area (Å²) in [5.74, 6) is -0.635.